The van der Waals surface area contributed by atoms with Crippen LogP contribution >= 0.6 is 0 Å². The van der Waals surface area contributed by atoms with Crippen molar-refractivity contribution < 1.29 is 9.53 Å². The molecule has 0 spiro atoms. The number of hydrogen-bond donors (Lipinski definition) is 1. The van der Waals surface area contributed by atoms with Crippen molar-refractivity contribution in [2.75, 3.05) is 13.2 Å². The van der Waals surface area contributed by atoms with Crippen molar-refractivity contribution in [1.82, 2.24) is 0 Å². The van der Waals surface area contributed by atoms with Crippen molar-refractivity contribution >= 4 is 8.32 Å². The lowest BCUT2D eigenvalue weighted by molar-refractivity contribution is 0.277. The SMILES string of the molecule is CC(C)(C)[Si](C)(C)OCCCCCCCC#CCCO. The lowest BCUT2D eigenvalue weighted by Gasteiger charge is -2.36. The molecule has 0 rings (SSSR count). The van der Waals surface area contributed by atoms with Crippen LogP contribution in [0.3, 0.4) is 0 Å². The van der Waals surface area contributed by atoms with Crippen LogP contribution in [0.15, 0.2) is 0 Å². The molecule has 0 aliphatic carbocycles. The molecule has 2 nitrogen and oxygen atoms in total. The third kappa shape index (κ3) is 9.58. The van der Waals surface area contributed by atoms with Crippen LogP contribution in [0.1, 0.15) is 65.7 Å². The van der Waals surface area contributed by atoms with Gasteiger partial charge in [0.1, 0.15) is 0 Å². The molecule has 0 saturated carbocycles. The van der Waals surface area contributed by atoms with Gasteiger partial charge in [-0.1, -0.05) is 40.0 Å². The fourth-order valence-electron chi connectivity index (χ4n) is 1.62. The minimum Gasteiger partial charge on any atom is -0.417 e. The molecule has 0 aromatic heterocycles. The van der Waals surface area contributed by atoms with Gasteiger partial charge in [-0.25, -0.2) is 0 Å². The van der Waals surface area contributed by atoms with E-state index in [9.17, 15) is 0 Å². The van der Waals surface area contributed by atoms with E-state index in [4.69, 9.17) is 9.53 Å². The van der Waals surface area contributed by atoms with E-state index in [1.807, 2.05) is 0 Å². The molecule has 0 heterocycles. The van der Waals surface area contributed by atoms with E-state index in [0.29, 0.717) is 11.5 Å². The summed E-state index contributed by atoms with van der Waals surface area (Å²) in [7, 11) is -1.54. The lowest BCUT2D eigenvalue weighted by atomic mass is 10.1. The maximum absolute atomic E-state index is 8.59. The molecule has 0 radical (unpaired) electrons. The van der Waals surface area contributed by atoms with Crippen molar-refractivity contribution in [2.45, 2.75) is 83.8 Å². The van der Waals surface area contributed by atoms with Gasteiger partial charge in [0.05, 0.1) is 6.61 Å². The van der Waals surface area contributed by atoms with Gasteiger partial charge in [-0.15, -0.1) is 11.8 Å². The Balaban J connectivity index is 3.44. The normalized spacial score (nSPS) is 12.1. The number of aliphatic hydroxyl groups excluding tert-OH is 1. The Kier molecular flexibility index (Phi) is 10.3. The van der Waals surface area contributed by atoms with E-state index >= 15 is 0 Å². The Labute approximate surface area is 127 Å². The second-order valence-electron chi connectivity index (χ2n) is 6.95. The Morgan fingerprint density at radius 1 is 0.900 bits per heavy atom. The van der Waals surface area contributed by atoms with Gasteiger partial charge in [0.25, 0.3) is 0 Å². The molecule has 0 saturated heterocycles. The summed E-state index contributed by atoms with van der Waals surface area (Å²) in [6.07, 6.45) is 7.75. The zero-order valence-corrected chi connectivity index (χ0v) is 15.2. The summed E-state index contributed by atoms with van der Waals surface area (Å²) in [6, 6.07) is 0. The Morgan fingerprint density at radius 3 is 2.05 bits per heavy atom. The molecule has 0 atom stereocenters. The van der Waals surface area contributed by atoms with E-state index in [0.717, 1.165) is 13.0 Å². The Morgan fingerprint density at radius 2 is 1.45 bits per heavy atom. The first-order chi connectivity index (χ1) is 9.31. The topological polar surface area (TPSA) is 29.5 Å². The maximum Gasteiger partial charge on any atom is 0.191 e. The summed E-state index contributed by atoms with van der Waals surface area (Å²) in [5, 5.41) is 8.90. The second kappa shape index (κ2) is 10.4. The van der Waals surface area contributed by atoms with Crippen LogP contribution in [0.25, 0.3) is 0 Å². The van der Waals surface area contributed by atoms with Crippen LogP contribution in [0.5, 0.6) is 0 Å². The van der Waals surface area contributed by atoms with Crippen LogP contribution < -0.4 is 0 Å². The number of aliphatic hydroxyl groups is 1. The molecule has 0 bridgehead atoms. The van der Waals surface area contributed by atoms with Crippen molar-refractivity contribution in [3.63, 3.8) is 0 Å². The third-order valence-corrected chi connectivity index (χ3v) is 8.62. The summed E-state index contributed by atoms with van der Waals surface area (Å²) < 4.78 is 6.16. The quantitative estimate of drug-likeness (QED) is 0.379. The maximum atomic E-state index is 8.59. The summed E-state index contributed by atoms with van der Waals surface area (Å²) in [5.74, 6) is 6.06. The molecule has 0 aromatic carbocycles. The predicted octanol–water partition coefficient (Wildman–Crippen LogP) is 4.73. The van der Waals surface area contributed by atoms with E-state index < -0.39 is 8.32 Å². The highest BCUT2D eigenvalue weighted by molar-refractivity contribution is 6.74. The minimum absolute atomic E-state index is 0.182. The van der Waals surface area contributed by atoms with Crippen molar-refractivity contribution in [3.8, 4) is 11.8 Å². The monoisotopic (exact) mass is 298 g/mol. The molecular formula is C17H34O2Si. The van der Waals surface area contributed by atoms with Gasteiger partial charge in [-0.05, 0) is 31.0 Å². The predicted molar refractivity (Wildman–Crippen MR) is 90.3 cm³/mol. The molecule has 20 heavy (non-hydrogen) atoms. The van der Waals surface area contributed by atoms with Gasteiger partial charge < -0.3 is 9.53 Å². The van der Waals surface area contributed by atoms with Gasteiger partial charge in [0.2, 0.25) is 0 Å². The first-order valence-corrected chi connectivity index (χ1v) is 10.9. The minimum atomic E-state index is -1.54. The molecule has 0 aromatic rings. The van der Waals surface area contributed by atoms with Gasteiger partial charge in [0, 0.05) is 19.4 Å². The van der Waals surface area contributed by atoms with Gasteiger partial charge in [-0.3, -0.25) is 0 Å². The Hall–Kier alpha value is -0.303. The van der Waals surface area contributed by atoms with E-state index in [1.165, 1.54) is 32.1 Å². The molecule has 0 aliphatic heterocycles. The van der Waals surface area contributed by atoms with Gasteiger partial charge >= 0.3 is 0 Å². The average molecular weight is 299 g/mol. The van der Waals surface area contributed by atoms with Crippen LogP contribution in [-0.2, 0) is 4.43 Å². The highest BCUT2D eigenvalue weighted by Gasteiger charge is 2.36. The molecule has 0 aliphatic rings. The highest BCUT2D eigenvalue weighted by atomic mass is 28.4. The fraction of sp³-hybridized carbons (Fsp3) is 0.882. The summed E-state index contributed by atoms with van der Waals surface area (Å²) in [6.45, 7) is 12.6. The van der Waals surface area contributed by atoms with Crippen LogP contribution in [0.4, 0.5) is 0 Å². The number of rotatable bonds is 9. The van der Waals surface area contributed by atoms with Gasteiger partial charge in [0.15, 0.2) is 8.32 Å². The molecule has 0 fully saturated rings. The van der Waals surface area contributed by atoms with Crippen LogP contribution in [-0.4, -0.2) is 26.6 Å². The van der Waals surface area contributed by atoms with E-state index in [-0.39, 0.29) is 6.61 Å². The van der Waals surface area contributed by atoms with Crippen LogP contribution in [0.2, 0.25) is 18.1 Å². The first kappa shape index (κ1) is 19.7. The summed E-state index contributed by atoms with van der Waals surface area (Å²) >= 11 is 0. The van der Waals surface area contributed by atoms with Crippen molar-refractivity contribution in [1.29, 1.82) is 0 Å². The number of unbranched alkanes of at least 4 members (excludes halogenated alkanes) is 5. The van der Waals surface area contributed by atoms with Crippen LogP contribution in [0, 0.1) is 11.8 Å². The average Bonchev–Trinajstić information content (AvgIpc) is 2.34. The van der Waals surface area contributed by atoms with Crippen molar-refractivity contribution in [2.24, 2.45) is 0 Å². The molecule has 1 N–H and O–H groups in total. The molecule has 3 heteroatoms. The molecular weight excluding hydrogens is 264 g/mol. The van der Waals surface area contributed by atoms with E-state index in [2.05, 4.69) is 45.7 Å². The zero-order chi connectivity index (χ0) is 15.5. The number of hydrogen-bond acceptors (Lipinski definition) is 2. The highest BCUT2D eigenvalue weighted by Crippen LogP contribution is 2.36. The summed E-state index contributed by atoms with van der Waals surface area (Å²) in [4.78, 5) is 0. The molecule has 118 valence electrons. The third-order valence-electron chi connectivity index (χ3n) is 4.08. The first-order valence-electron chi connectivity index (χ1n) is 8.02. The van der Waals surface area contributed by atoms with Crippen molar-refractivity contribution in [3.05, 3.63) is 0 Å². The molecule has 0 unspecified atom stereocenters. The van der Waals surface area contributed by atoms with E-state index in [1.54, 1.807) is 0 Å². The zero-order valence-electron chi connectivity index (χ0n) is 14.2. The Bertz CT molecular complexity index is 294. The standard InChI is InChI=1S/C17H34O2Si/c1-17(2,3)20(4,5)19-16-14-12-10-8-6-7-9-11-13-15-18/h18H,6-8,10,12-16H2,1-5H3. The second-order valence-corrected chi connectivity index (χ2v) is 11.8. The lowest BCUT2D eigenvalue weighted by Crippen LogP contribution is -2.40. The fourth-order valence-corrected chi connectivity index (χ4v) is 2.71. The smallest absolute Gasteiger partial charge is 0.191 e. The molecule has 0 amide bonds. The largest absolute Gasteiger partial charge is 0.417 e. The summed E-state index contributed by atoms with van der Waals surface area (Å²) in [5.41, 5.74) is 0. The van der Waals surface area contributed by atoms with Gasteiger partial charge in [-0.2, -0.15) is 0 Å².